The second kappa shape index (κ2) is 6.48. The van der Waals surface area contributed by atoms with Crippen molar-refractivity contribution in [3.05, 3.63) is 47.4 Å². The summed E-state index contributed by atoms with van der Waals surface area (Å²) in [6.07, 6.45) is 2.99. The Morgan fingerprint density at radius 3 is 2.63 bits per heavy atom. The van der Waals surface area contributed by atoms with Gasteiger partial charge in [0.15, 0.2) is 23.2 Å². The van der Waals surface area contributed by atoms with Crippen LogP contribution >= 0.6 is 0 Å². The van der Waals surface area contributed by atoms with Gasteiger partial charge in [0.1, 0.15) is 11.6 Å². The number of anilines is 1. The van der Waals surface area contributed by atoms with Crippen molar-refractivity contribution in [1.29, 1.82) is 0 Å². The van der Waals surface area contributed by atoms with E-state index in [2.05, 4.69) is 15.3 Å². The lowest BCUT2D eigenvalue weighted by atomic mass is 9.77. The first kappa shape index (κ1) is 20.2. The number of hydrogen-bond donors (Lipinski definition) is 2. The molecule has 0 bridgehead atoms. The summed E-state index contributed by atoms with van der Waals surface area (Å²) in [6, 6.07) is 2.91. The minimum atomic E-state index is -3.61. The quantitative estimate of drug-likeness (QED) is 0.778. The Balaban J connectivity index is 1.71. The first-order valence-corrected chi connectivity index (χ1v) is 9.43. The van der Waals surface area contributed by atoms with Crippen LogP contribution in [0.25, 0.3) is 0 Å². The number of benzene rings is 1. The van der Waals surface area contributed by atoms with Crippen molar-refractivity contribution in [2.75, 3.05) is 5.32 Å². The van der Waals surface area contributed by atoms with E-state index >= 15 is 8.78 Å². The SMILES string of the molecule is CC1(C)OC(N)=N[C@](C)(c2cc(NC(=O)c3ncoc3C3CC3)ccc2F)C1(F)F. The second-order valence-corrected chi connectivity index (χ2v) is 8.20. The highest BCUT2D eigenvalue weighted by Crippen LogP contribution is 2.52. The molecule has 0 unspecified atom stereocenters. The van der Waals surface area contributed by atoms with Gasteiger partial charge in [-0.25, -0.2) is 14.4 Å². The predicted molar refractivity (Wildman–Crippen MR) is 102 cm³/mol. The number of carbonyl (C=O) groups is 1. The number of alkyl halides is 2. The first-order chi connectivity index (χ1) is 14.0. The smallest absolute Gasteiger partial charge is 0.315 e. The van der Waals surface area contributed by atoms with Crippen LogP contribution < -0.4 is 11.1 Å². The molecule has 1 fully saturated rings. The zero-order valence-electron chi connectivity index (χ0n) is 16.6. The van der Waals surface area contributed by atoms with Crippen molar-refractivity contribution in [2.45, 2.75) is 56.6 Å². The van der Waals surface area contributed by atoms with Crippen LogP contribution in [0.5, 0.6) is 0 Å². The molecule has 4 rings (SSSR count). The molecular weight excluding hydrogens is 401 g/mol. The Morgan fingerprint density at radius 1 is 1.27 bits per heavy atom. The minimum Gasteiger partial charge on any atom is -0.453 e. The lowest BCUT2D eigenvalue weighted by molar-refractivity contribution is -0.207. The molecule has 1 aromatic carbocycles. The van der Waals surface area contributed by atoms with Crippen molar-refractivity contribution in [1.82, 2.24) is 4.98 Å². The van der Waals surface area contributed by atoms with E-state index in [4.69, 9.17) is 14.9 Å². The van der Waals surface area contributed by atoms with E-state index in [1.165, 1.54) is 12.5 Å². The third kappa shape index (κ3) is 3.01. The van der Waals surface area contributed by atoms with Crippen molar-refractivity contribution >= 4 is 17.6 Å². The molecule has 1 aliphatic carbocycles. The Kier molecular flexibility index (Phi) is 4.37. The molecule has 1 atom stereocenters. The van der Waals surface area contributed by atoms with Crippen molar-refractivity contribution in [3.63, 3.8) is 0 Å². The summed E-state index contributed by atoms with van der Waals surface area (Å²) in [5, 5.41) is 2.57. The number of ether oxygens (including phenoxy) is 1. The molecule has 1 aliphatic heterocycles. The van der Waals surface area contributed by atoms with Gasteiger partial charge in [-0.3, -0.25) is 4.79 Å². The van der Waals surface area contributed by atoms with E-state index in [1.54, 1.807) is 0 Å². The topological polar surface area (TPSA) is 103 Å². The molecule has 2 heterocycles. The maximum atomic E-state index is 15.3. The third-order valence-electron chi connectivity index (χ3n) is 5.57. The molecule has 0 spiro atoms. The van der Waals surface area contributed by atoms with Gasteiger partial charge in [-0.15, -0.1) is 0 Å². The van der Waals surface area contributed by atoms with Crippen LogP contribution in [0.3, 0.4) is 0 Å². The average Bonchev–Trinajstić information content (AvgIpc) is 3.37. The number of aromatic nitrogens is 1. The maximum absolute atomic E-state index is 15.3. The highest BCUT2D eigenvalue weighted by Gasteiger charge is 2.66. The fourth-order valence-corrected chi connectivity index (χ4v) is 3.68. The number of aliphatic imine (C=N–C) groups is 1. The number of oxazole rings is 1. The Bertz CT molecular complexity index is 1050. The lowest BCUT2D eigenvalue weighted by Gasteiger charge is -2.46. The maximum Gasteiger partial charge on any atom is 0.315 e. The Labute approximate surface area is 170 Å². The van der Waals surface area contributed by atoms with Gasteiger partial charge >= 0.3 is 5.92 Å². The number of amides is 1. The molecular formula is C20H21F3N4O3. The monoisotopic (exact) mass is 422 g/mol. The summed E-state index contributed by atoms with van der Waals surface area (Å²) in [7, 11) is 0. The van der Waals surface area contributed by atoms with Crippen LogP contribution in [0, 0.1) is 5.82 Å². The number of carbonyl (C=O) groups excluding carboxylic acids is 1. The summed E-state index contributed by atoms with van der Waals surface area (Å²) in [4.78, 5) is 20.3. The van der Waals surface area contributed by atoms with Gasteiger partial charge in [0.2, 0.25) is 0 Å². The molecule has 3 N–H and O–H groups in total. The highest BCUT2D eigenvalue weighted by atomic mass is 19.3. The van der Waals surface area contributed by atoms with Gasteiger partial charge in [0.25, 0.3) is 11.9 Å². The molecule has 1 aromatic heterocycles. The molecule has 2 aromatic rings. The van der Waals surface area contributed by atoms with E-state index in [0.29, 0.717) is 5.76 Å². The summed E-state index contributed by atoms with van der Waals surface area (Å²) in [5.41, 5.74) is 1.04. The molecule has 0 saturated heterocycles. The molecule has 30 heavy (non-hydrogen) atoms. The molecule has 1 saturated carbocycles. The molecule has 1 amide bonds. The van der Waals surface area contributed by atoms with Crippen molar-refractivity contribution < 1.29 is 27.1 Å². The summed E-state index contributed by atoms with van der Waals surface area (Å²) in [6.45, 7) is 3.39. The number of nitrogens with one attached hydrogen (secondary N) is 1. The predicted octanol–water partition coefficient (Wildman–Crippen LogP) is 3.92. The number of nitrogens with two attached hydrogens (primary N) is 1. The molecule has 2 aliphatic rings. The highest BCUT2D eigenvalue weighted by molar-refractivity contribution is 6.03. The lowest BCUT2D eigenvalue weighted by Crippen LogP contribution is -2.62. The van der Waals surface area contributed by atoms with Gasteiger partial charge in [0, 0.05) is 17.2 Å². The van der Waals surface area contributed by atoms with Crippen LogP contribution in [0.4, 0.5) is 18.9 Å². The van der Waals surface area contributed by atoms with E-state index in [9.17, 15) is 9.18 Å². The van der Waals surface area contributed by atoms with Crippen LogP contribution in [-0.4, -0.2) is 28.4 Å². The van der Waals surface area contributed by atoms with Crippen LogP contribution in [0.15, 0.2) is 34.0 Å². The molecule has 160 valence electrons. The normalized spacial score (nSPS) is 24.7. The fourth-order valence-electron chi connectivity index (χ4n) is 3.68. The van der Waals surface area contributed by atoms with E-state index in [1.807, 2.05) is 0 Å². The number of rotatable bonds is 4. The number of nitrogens with zero attached hydrogens (tertiary/aromatic N) is 2. The van der Waals surface area contributed by atoms with Crippen LogP contribution in [0.2, 0.25) is 0 Å². The fraction of sp³-hybridized carbons (Fsp3) is 0.450. The Hall–Kier alpha value is -3.04. The van der Waals surface area contributed by atoms with Gasteiger partial charge in [-0.2, -0.15) is 8.78 Å². The van der Waals surface area contributed by atoms with Gasteiger partial charge in [-0.05, 0) is 51.8 Å². The van der Waals surface area contributed by atoms with Crippen molar-refractivity contribution in [2.24, 2.45) is 10.7 Å². The van der Waals surface area contributed by atoms with E-state index in [0.717, 1.165) is 45.7 Å². The number of halogens is 3. The summed E-state index contributed by atoms with van der Waals surface area (Å²) >= 11 is 0. The standard InChI is InChI=1S/C20H21F3N4O3/c1-18(2)20(22,23)19(3,27-17(24)30-18)12-8-11(6-7-13(12)21)26-16(28)14-15(10-4-5-10)29-9-25-14/h6-10H,4-5H2,1-3H3,(H2,24,27)(H,26,28)/t19-/m1/s1. The van der Waals surface area contributed by atoms with Crippen molar-refractivity contribution in [3.8, 4) is 0 Å². The largest absolute Gasteiger partial charge is 0.453 e. The van der Waals surface area contributed by atoms with Gasteiger partial charge in [-0.1, -0.05) is 0 Å². The number of hydrogen-bond acceptors (Lipinski definition) is 6. The molecule has 0 radical (unpaired) electrons. The third-order valence-corrected chi connectivity index (χ3v) is 5.57. The van der Waals surface area contributed by atoms with Crippen LogP contribution in [0.1, 0.15) is 61.3 Å². The molecule has 10 heteroatoms. The van der Waals surface area contributed by atoms with Gasteiger partial charge < -0.3 is 20.2 Å². The second-order valence-electron chi connectivity index (χ2n) is 8.20. The minimum absolute atomic E-state index is 0.108. The van der Waals surface area contributed by atoms with Crippen LogP contribution in [-0.2, 0) is 10.3 Å². The zero-order valence-corrected chi connectivity index (χ0v) is 16.6. The van der Waals surface area contributed by atoms with Gasteiger partial charge in [0.05, 0.1) is 0 Å². The summed E-state index contributed by atoms with van der Waals surface area (Å²) in [5.74, 6) is -4.47. The average molecular weight is 422 g/mol. The Morgan fingerprint density at radius 2 is 1.97 bits per heavy atom. The zero-order chi connectivity index (χ0) is 21.9. The van der Waals surface area contributed by atoms with E-state index < -0.39 is 40.4 Å². The number of amidine groups is 1. The summed E-state index contributed by atoms with van der Waals surface area (Å²) < 4.78 is 55.5. The first-order valence-electron chi connectivity index (χ1n) is 9.43. The molecule has 7 nitrogen and oxygen atoms in total. The van der Waals surface area contributed by atoms with E-state index in [-0.39, 0.29) is 17.3 Å².